The zero-order valence-corrected chi connectivity index (χ0v) is 18.8. The van der Waals surface area contributed by atoms with E-state index in [1.54, 1.807) is 24.3 Å². The molecule has 1 N–H and O–H groups in total. The molecule has 1 amide bonds. The summed E-state index contributed by atoms with van der Waals surface area (Å²) in [5, 5.41) is 14.2. The number of amides is 1. The number of nitro groups is 1. The Morgan fingerprint density at radius 2 is 1.73 bits per heavy atom. The van der Waals surface area contributed by atoms with E-state index in [1.165, 1.54) is 26.4 Å². The van der Waals surface area contributed by atoms with E-state index in [-0.39, 0.29) is 11.3 Å². The van der Waals surface area contributed by atoms with E-state index >= 15 is 0 Å². The molecule has 0 spiro atoms. The van der Waals surface area contributed by atoms with E-state index in [0.717, 1.165) is 25.9 Å². The summed E-state index contributed by atoms with van der Waals surface area (Å²) in [5.41, 5.74) is 0.731. The van der Waals surface area contributed by atoms with E-state index in [1.807, 2.05) is 4.90 Å². The number of ether oxygens (including phenoxy) is 3. The predicted molar refractivity (Wildman–Crippen MR) is 122 cm³/mol. The fourth-order valence-electron chi connectivity index (χ4n) is 3.60. The minimum atomic E-state index is -0.824. The maximum Gasteiger partial charge on any atom is 0.338 e. The molecule has 2 aromatic rings. The summed E-state index contributed by atoms with van der Waals surface area (Å²) in [6, 6.07) is 9.06. The smallest absolute Gasteiger partial charge is 0.338 e. The Labute approximate surface area is 191 Å². The fourth-order valence-corrected chi connectivity index (χ4v) is 3.60. The van der Waals surface area contributed by atoms with E-state index in [2.05, 4.69) is 12.2 Å². The molecule has 0 bridgehead atoms. The molecule has 2 aromatic carbocycles. The van der Waals surface area contributed by atoms with Crippen LogP contribution in [0.1, 0.15) is 30.1 Å². The van der Waals surface area contributed by atoms with Crippen LogP contribution in [0.4, 0.5) is 17.1 Å². The van der Waals surface area contributed by atoms with Crippen LogP contribution in [0.15, 0.2) is 36.4 Å². The third-order valence-corrected chi connectivity index (χ3v) is 5.50. The van der Waals surface area contributed by atoms with Gasteiger partial charge in [-0.05, 0) is 30.9 Å². The molecule has 176 valence electrons. The highest BCUT2D eigenvalue weighted by Crippen LogP contribution is 2.32. The average Bonchev–Trinajstić information content (AvgIpc) is 2.82. The van der Waals surface area contributed by atoms with Crippen molar-refractivity contribution < 1.29 is 28.7 Å². The second-order valence-electron chi connectivity index (χ2n) is 7.86. The van der Waals surface area contributed by atoms with Gasteiger partial charge in [0.25, 0.3) is 11.6 Å². The summed E-state index contributed by atoms with van der Waals surface area (Å²) in [6.45, 7) is 3.05. The van der Waals surface area contributed by atoms with Gasteiger partial charge in [0.05, 0.1) is 24.7 Å². The third kappa shape index (κ3) is 6.12. The van der Waals surface area contributed by atoms with Gasteiger partial charge < -0.3 is 24.4 Å². The molecule has 10 heteroatoms. The first-order valence-electron chi connectivity index (χ1n) is 10.5. The molecule has 3 rings (SSSR count). The number of carbonyl (C=O) groups is 2. The highest BCUT2D eigenvalue weighted by atomic mass is 16.6. The molecule has 1 aliphatic heterocycles. The number of carbonyl (C=O) groups excluding carboxylic acids is 2. The minimum Gasteiger partial charge on any atom is -0.497 e. The van der Waals surface area contributed by atoms with Crippen LogP contribution in [-0.4, -0.2) is 50.7 Å². The van der Waals surface area contributed by atoms with Gasteiger partial charge in [0.2, 0.25) is 0 Å². The van der Waals surface area contributed by atoms with Gasteiger partial charge in [0, 0.05) is 43.0 Å². The van der Waals surface area contributed by atoms with E-state index in [4.69, 9.17) is 14.2 Å². The van der Waals surface area contributed by atoms with Crippen LogP contribution in [0, 0.1) is 16.0 Å². The Balaban J connectivity index is 1.64. The lowest BCUT2D eigenvalue weighted by Gasteiger charge is -2.31. The number of hydrogen-bond acceptors (Lipinski definition) is 8. The molecule has 0 atom stereocenters. The lowest BCUT2D eigenvalue weighted by Crippen LogP contribution is -2.33. The number of piperidine rings is 1. The molecule has 0 radical (unpaired) electrons. The first kappa shape index (κ1) is 23.8. The second kappa shape index (κ2) is 10.7. The number of benzene rings is 2. The van der Waals surface area contributed by atoms with Gasteiger partial charge in [-0.2, -0.15) is 0 Å². The van der Waals surface area contributed by atoms with Crippen molar-refractivity contribution in [2.24, 2.45) is 5.92 Å². The van der Waals surface area contributed by atoms with Crippen LogP contribution < -0.4 is 19.7 Å². The Bertz CT molecular complexity index is 1010. The third-order valence-electron chi connectivity index (χ3n) is 5.50. The summed E-state index contributed by atoms with van der Waals surface area (Å²) in [6.07, 6.45) is 1.91. The summed E-state index contributed by atoms with van der Waals surface area (Å²) in [5.74, 6) is 0.149. The first-order valence-corrected chi connectivity index (χ1v) is 10.5. The zero-order valence-electron chi connectivity index (χ0n) is 18.8. The highest BCUT2D eigenvalue weighted by molar-refractivity contribution is 5.96. The Morgan fingerprint density at radius 1 is 1.09 bits per heavy atom. The van der Waals surface area contributed by atoms with E-state index in [9.17, 15) is 19.7 Å². The fraction of sp³-hybridized carbons (Fsp3) is 0.391. The van der Waals surface area contributed by atoms with E-state index in [0.29, 0.717) is 28.8 Å². The number of hydrogen-bond donors (Lipinski definition) is 1. The van der Waals surface area contributed by atoms with Crippen molar-refractivity contribution in [3.8, 4) is 11.5 Å². The van der Waals surface area contributed by atoms with Crippen molar-refractivity contribution in [1.82, 2.24) is 0 Å². The van der Waals surface area contributed by atoms with Crippen molar-refractivity contribution in [3.63, 3.8) is 0 Å². The molecule has 0 aromatic heterocycles. The highest BCUT2D eigenvalue weighted by Gasteiger charge is 2.25. The van der Waals surface area contributed by atoms with Crippen molar-refractivity contribution in [2.75, 3.05) is 44.1 Å². The van der Waals surface area contributed by atoms with Gasteiger partial charge in [-0.15, -0.1) is 0 Å². The number of methoxy groups -OCH3 is 2. The largest absolute Gasteiger partial charge is 0.497 e. The van der Waals surface area contributed by atoms with Crippen molar-refractivity contribution in [2.45, 2.75) is 19.8 Å². The minimum absolute atomic E-state index is 0.00618. The Kier molecular flexibility index (Phi) is 7.70. The number of esters is 1. The van der Waals surface area contributed by atoms with Crippen LogP contribution in [0.5, 0.6) is 11.5 Å². The SMILES string of the molecule is COc1cc(NC(=O)COC(=O)c2ccc(N3CCC(C)CC3)c([N+](=O)[O-])c2)cc(OC)c1. The van der Waals surface area contributed by atoms with Crippen molar-refractivity contribution in [1.29, 1.82) is 0 Å². The number of nitrogens with zero attached hydrogens (tertiary/aromatic N) is 2. The van der Waals surface area contributed by atoms with Crippen LogP contribution in [0.25, 0.3) is 0 Å². The van der Waals surface area contributed by atoms with Gasteiger partial charge in [-0.1, -0.05) is 6.92 Å². The topological polar surface area (TPSA) is 120 Å². The van der Waals surface area contributed by atoms with Crippen LogP contribution in [0.3, 0.4) is 0 Å². The predicted octanol–water partition coefficient (Wildman–Crippen LogP) is 3.64. The zero-order chi connectivity index (χ0) is 24.0. The van der Waals surface area contributed by atoms with Gasteiger partial charge in [-0.3, -0.25) is 14.9 Å². The summed E-state index contributed by atoms with van der Waals surface area (Å²) < 4.78 is 15.4. The molecule has 0 unspecified atom stereocenters. The average molecular weight is 457 g/mol. The molecule has 1 aliphatic rings. The number of anilines is 2. The first-order chi connectivity index (χ1) is 15.8. The van der Waals surface area contributed by atoms with Crippen molar-refractivity contribution in [3.05, 3.63) is 52.1 Å². The van der Waals surface area contributed by atoms with Gasteiger partial charge in [0.15, 0.2) is 6.61 Å². The van der Waals surface area contributed by atoms with Crippen LogP contribution in [0.2, 0.25) is 0 Å². The van der Waals surface area contributed by atoms with Crippen LogP contribution in [-0.2, 0) is 9.53 Å². The molecule has 33 heavy (non-hydrogen) atoms. The maximum atomic E-state index is 12.4. The molecule has 1 heterocycles. The second-order valence-corrected chi connectivity index (χ2v) is 7.86. The summed E-state index contributed by atoms with van der Waals surface area (Å²) in [4.78, 5) is 37.7. The number of nitro benzene ring substituents is 1. The molecule has 1 fully saturated rings. The van der Waals surface area contributed by atoms with E-state index < -0.39 is 23.4 Å². The van der Waals surface area contributed by atoms with Gasteiger partial charge in [0.1, 0.15) is 17.2 Å². The molecular formula is C23H27N3O7. The number of nitrogens with one attached hydrogen (secondary N) is 1. The molecule has 0 aliphatic carbocycles. The maximum absolute atomic E-state index is 12.4. The van der Waals surface area contributed by atoms with Crippen molar-refractivity contribution >= 4 is 28.9 Å². The molecule has 0 saturated carbocycles. The Morgan fingerprint density at radius 3 is 2.30 bits per heavy atom. The molecular weight excluding hydrogens is 430 g/mol. The molecule has 10 nitrogen and oxygen atoms in total. The Hall–Kier alpha value is -3.82. The normalized spacial score (nSPS) is 13.8. The number of rotatable bonds is 8. The monoisotopic (exact) mass is 457 g/mol. The van der Waals surface area contributed by atoms with Crippen LogP contribution >= 0.6 is 0 Å². The standard InChI is InChI=1S/C23H27N3O7/c1-15-6-8-25(9-7-15)20-5-4-16(10-21(20)26(29)30)23(28)33-14-22(27)24-17-11-18(31-2)13-19(12-17)32-3/h4-5,10-13,15H,6-9,14H2,1-3H3,(H,24,27). The quantitative estimate of drug-likeness (QED) is 0.362. The summed E-state index contributed by atoms with van der Waals surface area (Å²) >= 11 is 0. The molecule has 1 saturated heterocycles. The van der Waals surface area contributed by atoms with Gasteiger partial charge in [-0.25, -0.2) is 4.79 Å². The van der Waals surface area contributed by atoms with Gasteiger partial charge >= 0.3 is 5.97 Å². The summed E-state index contributed by atoms with van der Waals surface area (Å²) in [7, 11) is 2.97. The lowest BCUT2D eigenvalue weighted by molar-refractivity contribution is -0.384. The lowest BCUT2D eigenvalue weighted by atomic mass is 9.98.